The van der Waals surface area contributed by atoms with E-state index in [2.05, 4.69) is 53.4 Å². The number of carbonyl (C=O) groups excluding carboxylic acids is 1. The van der Waals surface area contributed by atoms with Gasteiger partial charge in [-0.15, -0.1) is 5.73 Å². The van der Waals surface area contributed by atoms with Gasteiger partial charge in [-0.25, -0.2) is 0 Å². The van der Waals surface area contributed by atoms with Crippen LogP contribution in [-0.4, -0.2) is 56.4 Å². The van der Waals surface area contributed by atoms with Crippen molar-refractivity contribution in [2.75, 3.05) is 44.9 Å². The van der Waals surface area contributed by atoms with Crippen molar-refractivity contribution in [2.45, 2.75) is 33.2 Å². The van der Waals surface area contributed by atoms with Crippen LogP contribution in [0.15, 0.2) is 57.5 Å². The number of ether oxygens (including phenoxy) is 3. The van der Waals surface area contributed by atoms with Crippen molar-refractivity contribution in [3.63, 3.8) is 0 Å². The quantitative estimate of drug-likeness (QED) is 0.513. The van der Waals surface area contributed by atoms with Gasteiger partial charge in [0.2, 0.25) is 0 Å². The molecule has 0 unspecified atom stereocenters. The van der Waals surface area contributed by atoms with Crippen LogP contribution in [0.25, 0.3) is 11.8 Å². The molecule has 0 N–H and O–H groups in total. The molecule has 36 heavy (non-hydrogen) atoms. The van der Waals surface area contributed by atoms with E-state index in [1.165, 1.54) is 5.57 Å². The Morgan fingerprint density at radius 1 is 1.28 bits per heavy atom. The lowest BCUT2D eigenvalue weighted by Gasteiger charge is -2.42. The summed E-state index contributed by atoms with van der Waals surface area (Å²) in [6.07, 6.45) is 4.06. The largest absolute Gasteiger partial charge is 0.496 e. The molecule has 3 aliphatic heterocycles. The fourth-order valence-electron chi connectivity index (χ4n) is 4.99. The van der Waals surface area contributed by atoms with E-state index in [-0.39, 0.29) is 12.5 Å². The first kappa shape index (κ1) is 24.4. The first-order valence-corrected chi connectivity index (χ1v) is 13.1. The van der Waals surface area contributed by atoms with Gasteiger partial charge in [0.1, 0.15) is 18.1 Å². The van der Waals surface area contributed by atoms with Crippen LogP contribution >= 0.6 is 11.3 Å². The van der Waals surface area contributed by atoms with Crippen LogP contribution in [0, 0.1) is 0 Å². The minimum atomic E-state index is -0.401. The predicted octanol–water partition coefficient (Wildman–Crippen LogP) is 5.52. The summed E-state index contributed by atoms with van der Waals surface area (Å²) in [6.45, 7) is 10.7. The number of allylic oxidation sites excluding steroid dienone is 1. The third-order valence-corrected chi connectivity index (χ3v) is 7.37. The third-order valence-electron chi connectivity index (χ3n) is 6.70. The number of carbonyl (C=O) groups is 1. The van der Waals surface area contributed by atoms with E-state index >= 15 is 0 Å². The molecule has 4 heterocycles. The maximum Gasteiger partial charge on any atom is 0.262 e. The maximum absolute atomic E-state index is 14.0. The van der Waals surface area contributed by atoms with Gasteiger partial charge in [0, 0.05) is 41.2 Å². The highest BCUT2D eigenvalue weighted by atomic mass is 32.1. The highest BCUT2D eigenvalue weighted by Gasteiger charge is 2.39. The Balaban J connectivity index is 1.70. The standard InChI is InChI=1S/C29H32N2O4S/c1-19(2)13-20-14-23-26(15-25(20)33-5)35-16-24-22(28(32)31-10-11-34-18-29(31,3)4)7-6-9-30(27(23)24)21-8-12-36-17-21/h6,8,12-15,17H,9-11,16,18H2,1-5H3. The molecule has 2 aromatic rings. The average molecular weight is 505 g/mol. The highest BCUT2D eigenvalue weighted by Crippen LogP contribution is 2.44. The number of methoxy groups -OCH3 is 1. The molecule has 1 aromatic carbocycles. The molecule has 0 aliphatic carbocycles. The number of anilines is 1. The van der Waals surface area contributed by atoms with E-state index in [4.69, 9.17) is 14.2 Å². The van der Waals surface area contributed by atoms with E-state index in [0.29, 0.717) is 31.9 Å². The number of benzene rings is 1. The normalized spacial score (nSPS) is 18.5. The minimum absolute atomic E-state index is 0.0377. The lowest BCUT2D eigenvalue weighted by molar-refractivity contribution is -0.141. The Labute approximate surface area is 216 Å². The molecule has 0 saturated carbocycles. The monoisotopic (exact) mass is 504 g/mol. The van der Waals surface area contributed by atoms with Gasteiger partial charge >= 0.3 is 0 Å². The predicted molar refractivity (Wildman–Crippen MR) is 145 cm³/mol. The second kappa shape index (κ2) is 9.66. The Morgan fingerprint density at radius 2 is 2.11 bits per heavy atom. The van der Waals surface area contributed by atoms with Crippen LogP contribution in [0.4, 0.5) is 5.69 Å². The number of amides is 1. The van der Waals surface area contributed by atoms with E-state index in [9.17, 15) is 4.79 Å². The molecule has 1 saturated heterocycles. The molecule has 0 spiro atoms. The molecular formula is C29H32N2O4S. The number of nitrogens with zero attached hydrogens (tertiary/aromatic N) is 2. The third kappa shape index (κ3) is 4.39. The van der Waals surface area contributed by atoms with Crippen molar-refractivity contribution >= 4 is 34.7 Å². The first-order valence-electron chi connectivity index (χ1n) is 12.2. The SMILES string of the molecule is COc1cc2c(cc1C=C(C)C)C1=C(CO2)C(C(=O)N2CCOCC2(C)C)=C=CCN1c1ccsc1. The summed E-state index contributed by atoms with van der Waals surface area (Å²) in [5.41, 5.74) is 9.51. The second-order valence-corrected chi connectivity index (χ2v) is 10.8. The maximum atomic E-state index is 14.0. The Kier molecular flexibility index (Phi) is 6.56. The first-order chi connectivity index (χ1) is 17.3. The zero-order valence-corrected chi connectivity index (χ0v) is 22.3. The van der Waals surface area contributed by atoms with Crippen LogP contribution in [0.3, 0.4) is 0 Å². The lowest BCUT2D eigenvalue weighted by atomic mass is 9.92. The minimum Gasteiger partial charge on any atom is -0.496 e. The van der Waals surface area contributed by atoms with Crippen LogP contribution < -0.4 is 14.4 Å². The van der Waals surface area contributed by atoms with Gasteiger partial charge in [-0.05, 0) is 51.3 Å². The van der Waals surface area contributed by atoms with Crippen molar-refractivity contribution in [3.8, 4) is 11.5 Å². The van der Waals surface area contributed by atoms with Gasteiger partial charge < -0.3 is 24.0 Å². The fraction of sp³-hybridized carbons (Fsp3) is 0.379. The Morgan fingerprint density at radius 3 is 2.81 bits per heavy atom. The number of hydrogen-bond donors (Lipinski definition) is 0. The summed E-state index contributed by atoms with van der Waals surface area (Å²) in [7, 11) is 1.68. The van der Waals surface area contributed by atoms with Crippen LogP contribution in [0.1, 0.15) is 38.8 Å². The average Bonchev–Trinajstić information content (AvgIpc) is 3.30. The molecule has 3 aliphatic rings. The Bertz CT molecular complexity index is 1310. The van der Waals surface area contributed by atoms with Crippen LogP contribution in [0.2, 0.25) is 0 Å². The summed E-state index contributed by atoms with van der Waals surface area (Å²) >= 11 is 1.65. The number of morpholine rings is 1. The zero-order valence-electron chi connectivity index (χ0n) is 21.5. The highest BCUT2D eigenvalue weighted by molar-refractivity contribution is 7.08. The molecule has 1 amide bonds. The molecule has 1 aromatic heterocycles. The van der Waals surface area contributed by atoms with Crippen LogP contribution in [0.5, 0.6) is 11.5 Å². The lowest BCUT2D eigenvalue weighted by Crippen LogP contribution is -2.56. The summed E-state index contributed by atoms with van der Waals surface area (Å²) < 4.78 is 17.6. The number of hydrogen-bond acceptors (Lipinski definition) is 6. The van der Waals surface area contributed by atoms with Gasteiger partial charge in [-0.1, -0.05) is 11.6 Å². The summed E-state index contributed by atoms with van der Waals surface area (Å²) in [6, 6.07) is 6.17. The molecule has 5 rings (SSSR count). The van der Waals surface area contributed by atoms with Crippen molar-refractivity contribution in [1.82, 2.24) is 4.90 Å². The molecule has 0 bridgehead atoms. The van der Waals surface area contributed by atoms with E-state index in [1.54, 1.807) is 18.4 Å². The molecule has 1 fully saturated rings. The van der Waals surface area contributed by atoms with Gasteiger partial charge in [0.25, 0.3) is 5.91 Å². The van der Waals surface area contributed by atoms with Gasteiger partial charge in [0.05, 0.1) is 42.8 Å². The fourth-order valence-corrected chi connectivity index (χ4v) is 5.63. The smallest absolute Gasteiger partial charge is 0.262 e. The molecule has 0 atom stereocenters. The molecule has 188 valence electrons. The van der Waals surface area contributed by atoms with Crippen molar-refractivity contribution in [2.24, 2.45) is 0 Å². The van der Waals surface area contributed by atoms with Crippen molar-refractivity contribution < 1.29 is 19.0 Å². The second-order valence-electron chi connectivity index (χ2n) is 10.1. The topological polar surface area (TPSA) is 51.2 Å². The van der Waals surface area contributed by atoms with Crippen molar-refractivity contribution in [1.29, 1.82) is 0 Å². The van der Waals surface area contributed by atoms with Gasteiger partial charge in [0.15, 0.2) is 0 Å². The van der Waals surface area contributed by atoms with Gasteiger partial charge in [-0.3, -0.25) is 4.79 Å². The molecule has 6 nitrogen and oxygen atoms in total. The summed E-state index contributed by atoms with van der Waals surface area (Å²) in [4.78, 5) is 18.2. The van der Waals surface area contributed by atoms with E-state index < -0.39 is 5.54 Å². The molecule has 7 heteroatoms. The molecule has 0 radical (unpaired) electrons. The summed E-state index contributed by atoms with van der Waals surface area (Å²) in [5, 5.41) is 4.20. The zero-order chi connectivity index (χ0) is 25.4. The molecular weight excluding hydrogens is 472 g/mol. The van der Waals surface area contributed by atoms with Crippen molar-refractivity contribution in [3.05, 3.63) is 68.6 Å². The van der Waals surface area contributed by atoms with E-state index in [0.717, 1.165) is 39.6 Å². The van der Waals surface area contributed by atoms with Gasteiger partial charge in [-0.2, -0.15) is 11.3 Å². The Hall–Kier alpha value is -3.25. The number of thiophene rings is 1. The number of fused-ring (bicyclic) bond motifs is 2. The summed E-state index contributed by atoms with van der Waals surface area (Å²) in [5.74, 6) is 1.47. The van der Waals surface area contributed by atoms with Crippen LogP contribution in [-0.2, 0) is 9.53 Å². The number of rotatable bonds is 4. The van der Waals surface area contributed by atoms with E-state index in [1.807, 2.05) is 30.9 Å².